The minimum absolute atomic E-state index is 0.126. The molecule has 0 amide bonds. The van der Waals surface area contributed by atoms with Gasteiger partial charge in [0, 0.05) is 18.4 Å². The number of hydrogen-bond acceptors (Lipinski definition) is 6. The van der Waals surface area contributed by atoms with Gasteiger partial charge in [-0.15, -0.1) is 0 Å². The van der Waals surface area contributed by atoms with E-state index in [4.69, 9.17) is 9.47 Å². The number of carbonyl (C=O) groups excluding carboxylic acids is 1. The summed E-state index contributed by atoms with van der Waals surface area (Å²) in [5.74, 6) is -1.70. The molecule has 1 aromatic carbocycles. The van der Waals surface area contributed by atoms with E-state index < -0.39 is 23.6 Å². The molecule has 1 N–H and O–H groups in total. The van der Waals surface area contributed by atoms with Crippen molar-refractivity contribution in [2.45, 2.75) is 31.9 Å². The molecule has 1 fully saturated rings. The molecule has 1 saturated heterocycles. The fourth-order valence-corrected chi connectivity index (χ4v) is 3.42. The standard InChI is InChI=1S/C18H18F2N4O3/c1-10-15(17(25)27-8-14-3-2-4-26-14)16(24-18(23-10)21-9-22-24)11-5-12(19)7-13(20)6-11/h5-7,9,14,16H,2-4,8H2,1H3,(H,21,22,23)/t14-,16+/m1/s1. The normalized spacial score (nSPS) is 21.7. The molecule has 4 rings (SSSR count). The maximum Gasteiger partial charge on any atom is 0.338 e. The average molecular weight is 376 g/mol. The summed E-state index contributed by atoms with van der Waals surface area (Å²) in [6, 6.07) is 2.26. The summed E-state index contributed by atoms with van der Waals surface area (Å²) in [4.78, 5) is 16.9. The molecule has 2 atom stereocenters. The second-order valence-electron chi connectivity index (χ2n) is 6.53. The van der Waals surface area contributed by atoms with Gasteiger partial charge in [-0.2, -0.15) is 10.1 Å². The number of anilines is 1. The van der Waals surface area contributed by atoms with Gasteiger partial charge in [0.05, 0.1) is 11.7 Å². The van der Waals surface area contributed by atoms with E-state index in [1.165, 1.54) is 23.1 Å². The van der Waals surface area contributed by atoms with Crippen molar-refractivity contribution in [3.63, 3.8) is 0 Å². The molecule has 7 nitrogen and oxygen atoms in total. The van der Waals surface area contributed by atoms with Gasteiger partial charge >= 0.3 is 5.97 Å². The second-order valence-corrected chi connectivity index (χ2v) is 6.53. The molecule has 0 spiro atoms. The van der Waals surface area contributed by atoms with Crippen LogP contribution in [0.4, 0.5) is 14.7 Å². The highest BCUT2D eigenvalue weighted by Crippen LogP contribution is 2.35. The monoisotopic (exact) mass is 376 g/mol. The zero-order chi connectivity index (χ0) is 19.0. The van der Waals surface area contributed by atoms with Gasteiger partial charge in [0.1, 0.15) is 30.6 Å². The highest BCUT2D eigenvalue weighted by Gasteiger charge is 2.35. The van der Waals surface area contributed by atoms with Crippen molar-refractivity contribution in [2.24, 2.45) is 0 Å². The minimum Gasteiger partial charge on any atom is -0.459 e. The largest absolute Gasteiger partial charge is 0.459 e. The number of nitrogens with one attached hydrogen (secondary N) is 1. The van der Waals surface area contributed by atoms with Crippen LogP contribution in [0.2, 0.25) is 0 Å². The number of rotatable bonds is 4. The molecular weight excluding hydrogens is 358 g/mol. The molecule has 2 aliphatic heterocycles. The van der Waals surface area contributed by atoms with Crippen LogP contribution in [0.3, 0.4) is 0 Å². The number of ether oxygens (including phenoxy) is 2. The lowest BCUT2D eigenvalue weighted by Crippen LogP contribution is -2.31. The Hall–Kier alpha value is -2.81. The topological polar surface area (TPSA) is 78.3 Å². The van der Waals surface area contributed by atoms with Gasteiger partial charge in [0.25, 0.3) is 0 Å². The lowest BCUT2D eigenvalue weighted by molar-refractivity contribution is -0.142. The van der Waals surface area contributed by atoms with Gasteiger partial charge in [0.15, 0.2) is 0 Å². The molecular formula is C18H18F2N4O3. The molecule has 3 heterocycles. The molecule has 9 heteroatoms. The molecule has 0 bridgehead atoms. The van der Waals surface area contributed by atoms with Gasteiger partial charge in [-0.25, -0.2) is 18.3 Å². The Morgan fingerprint density at radius 2 is 2.15 bits per heavy atom. The smallest absolute Gasteiger partial charge is 0.338 e. The molecule has 1 aromatic heterocycles. The number of carbonyl (C=O) groups is 1. The number of esters is 1. The predicted molar refractivity (Wildman–Crippen MR) is 90.8 cm³/mol. The third-order valence-electron chi connectivity index (χ3n) is 4.64. The molecule has 0 aliphatic carbocycles. The fourth-order valence-electron chi connectivity index (χ4n) is 3.42. The summed E-state index contributed by atoms with van der Waals surface area (Å²) in [6.45, 7) is 2.46. The van der Waals surface area contributed by atoms with Crippen LogP contribution >= 0.6 is 0 Å². The molecule has 0 unspecified atom stereocenters. The lowest BCUT2D eigenvalue weighted by Gasteiger charge is -2.28. The first kappa shape index (κ1) is 17.6. The third kappa shape index (κ3) is 3.42. The van der Waals surface area contributed by atoms with Gasteiger partial charge in [-0.3, -0.25) is 0 Å². The summed E-state index contributed by atoms with van der Waals surface area (Å²) in [6.07, 6.45) is 2.94. The van der Waals surface area contributed by atoms with E-state index in [9.17, 15) is 13.6 Å². The maximum absolute atomic E-state index is 13.8. The average Bonchev–Trinajstić information content (AvgIpc) is 3.29. The van der Waals surface area contributed by atoms with Crippen LogP contribution < -0.4 is 5.32 Å². The van der Waals surface area contributed by atoms with Gasteiger partial charge in [-0.1, -0.05) is 0 Å². The van der Waals surface area contributed by atoms with Crippen molar-refractivity contribution >= 4 is 11.9 Å². The van der Waals surface area contributed by atoms with Crippen molar-refractivity contribution in [3.05, 3.63) is 53.0 Å². The van der Waals surface area contributed by atoms with Crippen LogP contribution in [0.25, 0.3) is 0 Å². The number of nitrogens with zero attached hydrogens (tertiary/aromatic N) is 3. The number of benzene rings is 1. The first-order chi connectivity index (χ1) is 13.0. The zero-order valence-electron chi connectivity index (χ0n) is 14.6. The van der Waals surface area contributed by atoms with E-state index in [1.54, 1.807) is 6.92 Å². The number of aromatic nitrogens is 3. The van der Waals surface area contributed by atoms with Crippen LogP contribution in [-0.4, -0.2) is 40.1 Å². The first-order valence-electron chi connectivity index (χ1n) is 8.65. The molecule has 142 valence electrons. The highest BCUT2D eigenvalue weighted by molar-refractivity contribution is 5.92. The fraction of sp³-hybridized carbons (Fsp3) is 0.389. The van der Waals surface area contributed by atoms with Crippen molar-refractivity contribution in [3.8, 4) is 0 Å². The Bertz CT molecular complexity index is 886. The van der Waals surface area contributed by atoms with E-state index in [-0.39, 0.29) is 23.8 Å². The van der Waals surface area contributed by atoms with E-state index in [2.05, 4.69) is 15.4 Å². The van der Waals surface area contributed by atoms with E-state index >= 15 is 0 Å². The minimum atomic E-state index is -0.856. The quantitative estimate of drug-likeness (QED) is 0.827. The Balaban J connectivity index is 1.69. The van der Waals surface area contributed by atoms with E-state index in [0.29, 0.717) is 18.3 Å². The second kappa shape index (κ2) is 7.07. The zero-order valence-corrected chi connectivity index (χ0v) is 14.6. The number of fused-ring (bicyclic) bond motifs is 1. The summed E-state index contributed by atoms with van der Waals surface area (Å²) in [5, 5.41) is 7.09. The number of halogens is 2. The van der Waals surface area contributed by atoms with E-state index in [0.717, 1.165) is 18.9 Å². The summed E-state index contributed by atoms with van der Waals surface area (Å²) in [7, 11) is 0. The van der Waals surface area contributed by atoms with Crippen LogP contribution in [0.5, 0.6) is 0 Å². The van der Waals surface area contributed by atoms with Crippen LogP contribution in [0.15, 0.2) is 35.8 Å². The Labute approximate surface area is 154 Å². The highest BCUT2D eigenvalue weighted by atomic mass is 19.1. The maximum atomic E-state index is 13.8. The number of allylic oxidation sites excluding steroid dienone is 1. The van der Waals surface area contributed by atoms with E-state index in [1.807, 2.05) is 0 Å². The lowest BCUT2D eigenvalue weighted by atomic mass is 9.95. The van der Waals surface area contributed by atoms with Gasteiger partial charge < -0.3 is 14.8 Å². The van der Waals surface area contributed by atoms with Crippen molar-refractivity contribution in [2.75, 3.05) is 18.5 Å². The van der Waals surface area contributed by atoms with Gasteiger partial charge in [0.2, 0.25) is 5.95 Å². The first-order valence-corrected chi connectivity index (χ1v) is 8.65. The SMILES string of the molecule is CC1=C(C(=O)OC[C@H]2CCCO2)[C@H](c2cc(F)cc(F)c2)n2ncnc2N1. The van der Waals surface area contributed by atoms with Crippen molar-refractivity contribution in [1.82, 2.24) is 14.8 Å². The van der Waals surface area contributed by atoms with Gasteiger partial charge in [-0.05, 0) is 37.5 Å². The number of hydrogen-bond donors (Lipinski definition) is 1. The van der Waals surface area contributed by atoms with Crippen molar-refractivity contribution < 1.29 is 23.0 Å². The predicted octanol–water partition coefficient (Wildman–Crippen LogP) is 2.57. The Kier molecular flexibility index (Phi) is 4.61. The summed E-state index contributed by atoms with van der Waals surface area (Å²) >= 11 is 0. The summed E-state index contributed by atoms with van der Waals surface area (Å²) in [5.41, 5.74) is 0.947. The molecule has 0 radical (unpaired) electrons. The Morgan fingerprint density at radius 1 is 1.37 bits per heavy atom. The summed E-state index contributed by atoms with van der Waals surface area (Å²) < 4.78 is 39.9. The molecule has 27 heavy (non-hydrogen) atoms. The van der Waals surface area contributed by atoms with Crippen LogP contribution in [0, 0.1) is 11.6 Å². The third-order valence-corrected chi connectivity index (χ3v) is 4.64. The molecule has 2 aromatic rings. The van der Waals surface area contributed by atoms with Crippen molar-refractivity contribution in [1.29, 1.82) is 0 Å². The molecule has 2 aliphatic rings. The molecule has 0 saturated carbocycles. The van der Waals surface area contributed by atoms with Crippen LogP contribution in [0.1, 0.15) is 31.4 Å². The van der Waals surface area contributed by atoms with Crippen LogP contribution in [-0.2, 0) is 14.3 Å². The Morgan fingerprint density at radius 3 is 2.85 bits per heavy atom.